The third-order valence-electron chi connectivity index (χ3n) is 7.80. The molecule has 3 aromatic rings. The van der Waals surface area contributed by atoms with Crippen molar-refractivity contribution >= 4 is 28.7 Å². The Morgan fingerprint density at radius 1 is 1.23 bits per heavy atom. The number of hydrogen-bond acceptors (Lipinski definition) is 9. The van der Waals surface area contributed by atoms with Gasteiger partial charge in [-0.3, -0.25) is 4.57 Å². The Hall–Kier alpha value is -3.32. The van der Waals surface area contributed by atoms with E-state index in [9.17, 15) is 15.0 Å². The van der Waals surface area contributed by atoms with Crippen molar-refractivity contribution in [2.75, 3.05) is 44.3 Å². The molecule has 3 atom stereocenters. The summed E-state index contributed by atoms with van der Waals surface area (Å²) >= 11 is 0. The van der Waals surface area contributed by atoms with E-state index in [1.54, 1.807) is 0 Å². The molecule has 2 aromatic heterocycles. The van der Waals surface area contributed by atoms with Crippen molar-refractivity contribution in [2.45, 2.75) is 57.0 Å². The summed E-state index contributed by atoms with van der Waals surface area (Å²) in [5.74, 6) is 0.197. The summed E-state index contributed by atoms with van der Waals surface area (Å²) in [7, 11) is 1.95. The normalized spacial score (nSPS) is 24.3. The highest BCUT2D eigenvalue weighted by Crippen LogP contribution is 2.45. The molecule has 3 unspecified atom stereocenters. The number of ether oxygens (including phenoxy) is 1. The summed E-state index contributed by atoms with van der Waals surface area (Å²) in [5, 5.41) is 28.3. The zero-order valence-corrected chi connectivity index (χ0v) is 22.9. The van der Waals surface area contributed by atoms with Crippen molar-refractivity contribution in [1.29, 1.82) is 0 Å². The first-order chi connectivity index (χ1) is 18.4. The van der Waals surface area contributed by atoms with Crippen molar-refractivity contribution in [1.82, 2.24) is 29.7 Å². The summed E-state index contributed by atoms with van der Waals surface area (Å²) in [6.07, 6.45) is 2.84. The van der Waals surface area contributed by atoms with Crippen LogP contribution in [0.15, 0.2) is 36.9 Å². The summed E-state index contributed by atoms with van der Waals surface area (Å²) in [5.41, 5.74) is 6.80. The number of aliphatic hydroxyl groups excluding tert-OH is 1. The van der Waals surface area contributed by atoms with Crippen LogP contribution in [0.1, 0.15) is 39.2 Å². The number of imidazole rings is 1. The molecule has 12 heteroatoms. The highest BCUT2D eigenvalue weighted by molar-refractivity contribution is 5.89. The van der Waals surface area contributed by atoms with Crippen molar-refractivity contribution < 1.29 is 19.7 Å². The molecule has 2 aliphatic rings. The third kappa shape index (κ3) is 5.55. The van der Waals surface area contributed by atoms with Crippen molar-refractivity contribution in [3.63, 3.8) is 0 Å². The zero-order chi connectivity index (χ0) is 28.0. The van der Waals surface area contributed by atoms with Crippen LogP contribution < -0.4 is 16.4 Å². The number of likely N-dealkylation sites (N-methyl/N-ethyl adjacent to an activating group) is 1. The van der Waals surface area contributed by atoms with Crippen LogP contribution in [0.4, 0.5) is 16.3 Å². The number of nitrogens with two attached hydrogens (primary N) is 1. The Morgan fingerprint density at radius 2 is 1.95 bits per heavy atom. The lowest BCUT2D eigenvalue weighted by Crippen LogP contribution is -2.49. The average Bonchev–Trinajstić information content (AvgIpc) is 3.39. The minimum atomic E-state index is -1.73. The molecular formula is C27H38N8O4. The SMILES string of the molecule is CN(CC1OCC(O)(n2cnc3c(N)ncnc32)C1O)CC1(CNC(=O)Nc2ccc(C(C)(C)C)cc2)CC1. The Bertz CT molecular complexity index is 1330. The number of hydrogen-bond donors (Lipinski definition) is 5. The van der Waals surface area contributed by atoms with E-state index in [2.05, 4.69) is 51.3 Å². The molecule has 210 valence electrons. The second-order valence-corrected chi connectivity index (χ2v) is 12.1. The number of aromatic nitrogens is 4. The molecule has 39 heavy (non-hydrogen) atoms. The van der Waals surface area contributed by atoms with Crippen molar-refractivity contribution in [3.05, 3.63) is 42.5 Å². The standard InChI is InChI=1S/C27H38N8O4/c1-25(2,3)17-5-7-18(8-6-17)33-24(37)29-12-26(9-10-26)13-34(4)11-19-21(36)27(38,14-39-19)35-16-32-20-22(28)30-15-31-23(20)35/h5-8,15-16,19,21,36,38H,9-14H2,1-4H3,(H2,28,30,31)(H2,29,33,37). The van der Waals surface area contributed by atoms with Gasteiger partial charge >= 0.3 is 6.03 Å². The quantitative estimate of drug-likeness (QED) is 0.287. The van der Waals surface area contributed by atoms with E-state index in [1.165, 1.54) is 22.8 Å². The second kappa shape index (κ2) is 10.0. The molecule has 0 radical (unpaired) electrons. The van der Waals surface area contributed by atoms with E-state index in [4.69, 9.17) is 10.5 Å². The molecule has 1 aromatic carbocycles. The van der Waals surface area contributed by atoms with Crippen molar-refractivity contribution in [2.24, 2.45) is 5.41 Å². The van der Waals surface area contributed by atoms with E-state index in [0.717, 1.165) is 25.1 Å². The molecule has 2 fully saturated rings. The predicted octanol–water partition coefficient (Wildman–Crippen LogP) is 1.64. The lowest BCUT2D eigenvalue weighted by atomic mass is 9.87. The van der Waals surface area contributed by atoms with Crippen LogP contribution in [0.5, 0.6) is 0 Å². The van der Waals surface area contributed by atoms with Gasteiger partial charge in [0.25, 0.3) is 0 Å². The van der Waals surface area contributed by atoms with E-state index < -0.39 is 17.9 Å². The summed E-state index contributed by atoms with van der Waals surface area (Å²) < 4.78 is 7.23. The molecule has 12 nitrogen and oxygen atoms in total. The van der Waals surface area contributed by atoms with E-state index in [0.29, 0.717) is 24.3 Å². The van der Waals surface area contributed by atoms with Gasteiger partial charge in [-0.1, -0.05) is 32.9 Å². The van der Waals surface area contributed by atoms with Gasteiger partial charge in [0, 0.05) is 30.7 Å². The van der Waals surface area contributed by atoms with Crippen molar-refractivity contribution in [3.8, 4) is 0 Å². The molecule has 0 bridgehead atoms. The summed E-state index contributed by atoms with van der Waals surface area (Å²) in [4.78, 5) is 26.9. The second-order valence-electron chi connectivity index (χ2n) is 12.1. The van der Waals surface area contributed by atoms with Crippen LogP contribution in [0, 0.1) is 5.41 Å². The molecule has 6 N–H and O–H groups in total. The monoisotopic (exact) mass is 538 g/mol. The number of nitrogens with zero attached hydrogens (tertiary/aromatic N) is 5. The molecule has 1 aliphatic heterocycles. The minimum absolute atomic E-state index is 0.0307. The number of nitrogen functional groups attached to an aromatic ring is 1. The topological polar surface area (TPSA) is 164 Å². The molecule has 3 heterocycles. The zero-order valence-electron chi connectivity index (χ0n) is 22.9. The van der Waals surface area contributed by atoms with E-state index in [1.807, 2.05) is 31.3 Å². The molecule has 0 spiro atoms. The number of amides is 2. The van der Waals surface area contributed by atoms with Gasteiger partial charge in [-0.2, -0.15) is 0 Å². The number of aliphatic hydroxyl groups is 2. The predicted molar refractivity (Wildman–Crippen MR) is 147 cm³/mol. The van der Waals surface area contributed by atoms with Gasteiger partial charge in [-0.05, 0) is 43.0 Å². The van der Waals surface area contributed by atoms with Gasteiger partial charge in [-0.15, -0.1) is 0 Å². The number of rotatable bonds is 8. The fourth-order valence-electron chi connectivity index (χ4n) is 5.21. The maximum absolute atomic E-state index is 12.5. The number of fused-ring (bicyclic) bond motifs is 1. The lowest BCUT2D eigenvalue weighted by Gasteiger charge is -2.30. The molecule has 5 rings (SSSR count). The van der Waals surface area contributed by atoms with Crippen LogP contribution in [-0.2, 0) is 15.9 Å². The van der Waals surface area contributed by atoms with Crippen LogP contribution in [0.3, 0.4) is 0 Å². The van der Waals surface area contributed by atoms with Crippen LogP contribution in [-0.4, -0.2) is 86.2 Å². The van der Waals surface area contributed by atoms with Crippen LogP contribution in [0.2, 0.25) is 0 Å². The number of carbonyl (C=O) groups is 1. The first-order valence-corrected chi connectivity index (χ1v) is 13.2. The third-order valence-corrected chi connectivity index (χ3v) is 7.80. The summed E-state index contributed by atoms with van der Waals surface area (Å²) in [6, 6.07) is 7.68. The fourth-order valence-corrected chi connectivity index (χ4v) is 5.21. The Kier molecular flexibility index (Phi) is 7.00. The lowest BCUT2D eigenvalue weighted by molar-refractivity contribution is -0.109. The highest BCUT2D eigenvalue weighted by Gasteiger charge is 2.51. The smallest absolute Gasteiger partial charge is 0.319 e. The Morgan fingerprint density at radius 3 is 2.62 bits per heavy atom. The number of benzene rings is 1. The van der Waals surface area contributed by atoms with Gasteiger partial charge in [0.2, 0.25) is 0 Å². The average molecular weight is 539 g/mol. The molecular weight excluding hydrogens is 500 g/mol. The minimum Gasteiger partial charge on any atom is -0.385 e. The first-order valence-electron chi connectivity index (χ1n) is 13.2. The van der Waals surface area contributed by atoms with Gasteiger partial charge in [-0.25, -0.2) is 19.7 Å². The maximum atomic E-state index is 12.5. The number of urea groups is 1. The van der Waals surface area contributed by atoms with E-state index in [-0.39, 0.29) is 29.3 Å². The van der Waals surface area contributed by atoms with Gasteiger partial charge in [0.15, 0.2) is 17.2 Å². The number of carbonyl (C=O) groups excluding carboxylic acids is 1. The Labute approximate surface area is 227 Å². The largest absolute Gasteiger partial charge is 0.385 e. The number of nitrogens with one attached hydrogen (secondary N) is 2. The maximum Gasteiger partial charge on any atom is 0.319 e. The highest BCUT2D eigenvalue weighted by atomic mass is 16.5. The van der Waals surface area contributed by atoms with Gasteiger partial charge in [0.05, 0.1) is 12.9 Å². The molecule has 1 saturated carbocycles. The van der Waals surface area contributed by atoms with Crippen LogP contribution in [0.25, 0.3) is 11.2 Å². The number of anilines is 2. The fraction of sp³-hybridized carbons (Fsp3) is 0.556. The first kappa shape index (κ1) is 27.3. The van der Waals surface area contributed by atoms with Gasteiger partial charge < -0.3 is 36.2 Å². The van der Waals surface area contributed by atoms with Gasteiger partial charge in [0.1, 0.15) is 24.1 Å². The summed E-state index contributed by atoms with van der Waals surface area (Å²) in [6.45, 7) is 8.01. The molecule has 1 aliphatic carbocycles. The van der Waals surface area contributed by atoms with Crippen LogP contribution >= 0.6 is 0 Å². The van der Waals surface area contributed by atoms with E-state index >= 15 is 0 Å². The Balaban J connectivity index is 1.13. The molecule has 2 amide bonds. The molecule has 1 saturated heterocycles.